The van der Waals surface area contributed by atoms with Gasteiger partial charge in [0.05, 0.1) is 18.0 Å². The van der Waals surface area contributed by atoms with Crippen LogP contribution >= 0.6 is 11.6 Å². The minimum absolute atomic E-state index is 0.308. The number of ether oxygens (including phenoxy) is 1. The summed E-state index contributed by atoms with van der Waals surface area (Å²) in [6.07, 6.45) is 0. The number of aromatic nitrogens is 2. The normalized spacial score (nSPS) is 11.3. The predicted octanol–water partition coefficient (Wildman–Crippen LogP) is 4.28. The van der Waals surface area contributed by atoms with Gasteiger partial charge in [0.25, 0.3) is 5.91 Å². The minimum atomic E-state index is -0.388. The molecule has 0 saturated carbocycles. The Kier molecular flexibility index (Phi) is 5.88. The maximum Gasteiger partial charge on any atom is 0.289 e. The van der Waals surface area contributed by atoms with Gasteiger partial charge in [-0.25, -0.2) is 5.43 Å². The van der Waals surface area contributed by atoms with Crippen LogP contribution in [0.4, 0.5) is 0 Å². The van der Waals surface area contributed by atoms with E-state index in [0.717, 1.165) is 16.9 Å². The highest BCUT2D eigenvalue weighted by molar-refractivity contribution is 6.34. The SMILES string of the molecule is CCOc1cccc(-c2cc(C(=O)N/N=C(\C)c3ccccc3Cl)[nH]n2)c1. The van der Waals surface area contributed by atoms with Crippen molar-refractivity contribution >= 4 is 23.2 Å². The fraction of sp³-hybridized carbons (Fsp3) is 0.150. The maximum atomic E-state index is 12.3. The van der Waals surface area contributed by atoms with E-state index in [9.17, 15) is 4.79 Å². The lowest BCUT2D eigenvalue weighted by atomic mass is 10.1. The van der Waals surface area contributed by atoms with Gasteiger partial charge in [0.2, 0.25) is 0 Å². The molecular weight excluding hydrogens is 364 g/mol. The molecule has 0 radical (unpaired) electrons. The van der Waals surface area contributed by atoms with Crippen molar-refractivity contribution in [2.24, 2.45) is 5.10 Å². The van der Waals surface area contributed by atoms with Gasteiger partial charge < -0.3 is 4.74 Å². The highest BCUT2D eigenvalue weighted by atomic mass is 35.5. The predicted molar refractivity (Wildman–Crippen MR) is 106 cm³/mol. The van der Waals surface area contributed by atoms with Crippen LogP contribution in [0.15, 0.2) is 59.7 Å². The van der Waals surface area contributed by atoms with Crippen LogP contribution < -0.4 is 10.2 Å². The first-order chi connectivity index (χ1) is 13.1. The summed E-state index contributed by atoms with van der Waals surface area (Å²) in [4.78, 5) is 12.3. The molecule has 0 spiro atoms. The zero-order valence-corrected chi connectivity index (χ0v) is 15.7. The van der Waals surface area contributed by atoms with Crippen molar-refractivity contribution in [3.8, 4) is 17.0 Å². The molecule has 0 unspecified atom stereocenters. The summed E-state index contributed by atoms with van der Waals surface area (Å²) in [5.74, 6) is 0.366. The van der Waals surface area contributed by atoms with E-state index in [1.165, 1.54) is 0 Å². The Morgan fingerprint density at radius 1 is 1.22 bits per heavy atom. The van der Waals surface area contributed by atoms with E-state index in [1.54, 1.807) is 19.1 Å². The first kappa shape index (κ1) is 18.7. The standard InChI is InChI=1S/C20H19ClN4O2/c1-3-27-15-8-6-7-14(11-15)18-12-19(24-23-18)20(26)25-22-13(2)16-9-4-5-10-17(16)21/h4-12H,3H2,1-2H3,(H,23,24)(H,25,26)/b22-13+. The highest BCUT2D eigenvalue weighted by Gasteiger charge is 2.12. The number of rotatable bonds is 6. The first-order valence-electron chi connectivity index (χ1n) is 8.46. The average Bonchev–Trinajstić information content (AvgIpc) is 3.17. The number of nitrogens with one attached hydrogen (secondary N) is 2. The lowest BCUT2D eigenvalue weighted by Gasteiger charge is -2.04. The van der Waals surface area contributed by atoms with Gasteiger partial charge in [0.15, 0.2) is 0 Å². The summed E-state index contributed by atoms with van der Waals surface area (Å²) >= 11 is 6.14. The topological polar surface area (TPSA) is 79.4 Å². The molecule has 0 saturated heterocycles. The van der Waals surface area contributed by atoms with E-state index >= 15 is 0 Å². The molecule has 1 amide bonds. The van der Waals surface area contributed by atoms with Gasteiger partial charge in [0, 0.05) is 16.1 Å². The van der Waals surface area contributed by atoms with Crippen molar-refractivity contribution in [1.82, 2.24) is 15.6 Å². The zero-order chi connectivity index (χ0) is 19.2. The summed E-state index contributed by atoms with van der Waals surface area (Å²) in [6, 6.07) is 16.5. The molecule has 0 aliphatic carbocycles. The summed E-state index contributed by atoms with van der Waals surface area (Å²) in [5.41, 5.74) is 5.69. The molecule has 1 aromatic heterocycles. The first-order valence-corrected chi connectivity index (χ1v) is 8.84. The van der Waals surface area contributed by atoms with Crippen molar-refractivity contribution in [3.63, 3.8) is 0 Å². The maximum absolute atomic E-state index is 12.3. The smallest absolute Gasteiger partial charge is 0.289 e. The van der Waals surface area contributed by atoms with Crippen LogP contribution in [-0.4, -0.2) is 28.4 Å². The van der Waals surface area contributed by atoms with Crippen molar-refractivity contribution in [2.45, 2.75) is 13.8 Å². The van der Waals surface area contributed by atoms with E-state index in [1.807, 2.05) is 49.4 Å². The van der Waals surface area contributed by atoms with Gasteiger partial charge in [-0.3, -0.25) is 9.89 Å². The molecule has 0 aliphatic rings. The van der Waals surface area contributed by atoms with Crippen LogP contribution in [0.3, 0.4) is 0 Å². The Balaban J connectivity index is 1.73. The van der Waals surface area contributed by atoms with Gasteiger partial charge in [-0.2, -0.15) is 10.2 Å². The number of aromatic amines is 1. The van der Waals surface area contributed by atoms with Crippen LogP contribution in [0.1, 0.15) is 29.9 Å². The van der Waals surface area contributed by atoms with E-state index in [2.05, 4.69) is 20.7 Å². The number of carbonyl (C=O) groups is 1. The monoisotopic (exact) mass is 382 g/mol. The number of benzene rings is 2. The third-order valence-electron chi connectivity index (χ3n) is 3.85. The van der Waals surface area contributed by atoms with Gasteiger partial charge in [-0.05, 0) is 38.1 Å². The largest absolute Gasteiger partial charge is 0.494 e. The molecule has 3 rings (SSSR count). The van der Waals surface area contributed by atoms with Crippen molar-refractivity contribution in [3.05, 3.63) is 70.9 Å². The fourth-order valence-corrected chi connectivity index (χ4v) is 2.78. The number of halogens is 1. The average molecular weight is 383 g/mol. The third-order valence-corrected chi connectivity index (χ3v) is 4.18. The molecule has 138 valence electrons. The number of carbonyl (C=O) groups excluding carboxylic acids is 1. The molecule has 0 bridgehead atoms. The molecule has 7 heteroatoms. The van der Waals surface area contributed by atoms with Gasteiger partial charge >= 0.3 is 0 Å². The molecule has 0 fully saturated rings. The summed E-state index contributed by atoms with van der Waals surface area (Å²) in [6.45, 7) is 4.29. The zero-order valence-electron chi connectivity index (χ0n) is 15.0. The Morgan fingerprint density at radius 2 is 2.04 bits per heavy atom. The van der Waals surface area contributed by atoms with E-state index in [0.29, 0.717) is 28.7 Å². The molecular formula is C20H19ClN4O2. The lowest BCUT2D eigenvalue weighted by Crippen LogP contribution is -2.19. The number of hydrazone groups is 1. The molecule has 0 aliphatic heterocycles. The number of H-pyrrole nitrogens is 1. The molecule has 0 atom stereocenters. The van der Waals surface area contributed by atoms with Gasteiger partial charge in [0.1, 0.15) is 11.4 Å². The Hall–Kier alpha value is -3.12. The van der Waals surface area contributed by atoms with E-state index in [4.69, 9.17) is 16.3 Å². The minimum Gasteiger partial charge on any atom is -0.494 e. The van der Waals surface area contributed by atoms with Crippen LogP contribution in [0, 0.1) is 0 Å². The number of amides is 1. The van der Waals surface area contributed by atoms with Crippen LogP contribution in [-0.2, 0) is 0 Å². The second-order valence-corrected chi connectivity index (χ2v) is 6.15. The van der Waals surface area contributed by atoms with Crippen molar-refractivity contribution in [2.75, 3.05) is 6.61 Å². The summed E-state index contributed by atoms with van der Waals surface area (Å²) in [7, 11) is 0. The van der Waals surface area contributed by atoms with Crippen molar-refractivity contribution < 1.29 is 9.53 Å². The number of hydrogen-bond donors (Lipinski definition) is 2. The molecule has 3 aromatic rings. The Labute approximate surface area is 162 Å². The second-order valence-electron chi connectivity index (χ2n) is 5.75. The fourth-order valence-electron chi connectivity index (χ4n) is 2.51. The third kappa shape index (κ3) is 4.54. The summed E-state index contributed by atoms with van der Waals surface area (Å²) in [5, 5.41) is 11.6. The lowest BCUT2D eigenvalue weighted by molar-refractivity contribution is 0.0950. The Bertz CT molecular complexity index is 981. The van der Waals surface area contributed by atoms with Crippen molar-refractivity contribution in [1.29, 1.82) is 0 Å². The van der Waals surface area contributed by atoms with Crippen LogP contribution in [0.5, 0.6) is 5.75 Å². The van der Waals surface area contributed by atoms with Gasteiger partial charge in [-0.1, -0.05) is 41.9 Å². The van der Waals surface area contributed by atoms with Crippen LogP contribution in [0.2, 0.25) is 5.02 Å². The van der Waals surface area contributed by atoms with Gasteiger partial charge in [-0.15, -0.1) is 0 Å². The number of hydrogen-bond acceptors (Lipinski definition) is 4. The van der Waals surface area contributed by atoms with Crippen LogP contribution in [0.25, 0.3) is 11.3 Å². The van der Waals surface area contributed by atoms with E-state index in [-0.39, 0.29) is 5.91 Å². The molecule has 2 aromatic carbocycles. The summed E-state index contributed by atoms with van der Waals surface area (Å²) < 4.78 is 5.49. The van der Waals surface area contributed by atoms with E-state index < -0.39 is 0 Å². The highest BCUT2D eigenvalue weighted by Crippen LogP contribution is 2.23. The Morgan fingerprint density at radius 3 is 2.81 bits per heavy atom. The molecule has 2 N–H and O–H groups in total. The molecule has 1 heterocycles. The second kappa shape index (κ2) is 8.51. The molecule has 6 nitrogen and oxygen atoms in total. The number of nitrogens with zero attached hydrogens (tertiary/aromatic N) is 2. The quantitative estimate of drug-likeness (QED) is 0.493. The molecule has 27 heavy (non-hydrogen) atoms.